The lowest BCUT2D eigenvalue weighted by Crippen LogP contribution is -2.00. The molecule has 0 saturated heterocycles. The summed E-state index contributed by atoms with van der Waals surface area (Å²) in [5.41, 5.74) is 0.734. The van der Waals surface area contributed by atoms with Gasteiger partial charge in [0.15, 0.2) is 0 Å². The first-order chi connectivity index (χ1) is 8.11. The Balaban J connectivity index is 2.43. The van der Waals surface area contributed by atoms with Gasteiger partial charge in [-0.15, -0.1) is 0 Å². The van der Waals surface area contributed by atoms with Crippen molar-refractivity contribution < 1.29 is 19.1 Å². The van der Waals surface area contributed by atoms with Crippen LogP contribution in [0.3, 0.4) is 0 Å². The number of ether oxygens (including phenoxy) is 1. The molecule has 2 aromatic rings. The normalized spacial score (nSPS) is 10.7. The highest BCUT2D eigenvalue weighted by atomic mass is 16.5. The molecule has 0 spiro atoms. The second-order valence-corrected chi connectivity index (χ2v) is 3.46. The number of carbonyl (C=O) groups is 1. The lowest BCUT2D eigenvalue weighted by atomic mass is 10.3. The number of oxazole rings is 1. The molecule has 0 aromatic carbocycles. The van der Waals surface area contributed by atoms with E-state index in [9.17, 15) is 4.79 Å². The van der Waals surface area contributed by atoms with E-state index < -0.39 is 5.97 Å². The van der Waals surface area contributed by atoms with E-state index in [4.69, 9.17) is 14.3 Å². The van der Waals surface area contributed by atoms with Crippen molar-refractivity contribution in [1.82, 2.24) is 14.5 Å². The van der Waals surface area contributed by atoms with Gasteiger partial charge in [0.1, 0.15) is 11.4 Å². The topological polar surface area (TPSA) is 90.4 Å². The zero-order valence-corrected chi connectivity index (χ0v) is 9.38. The standard InChI is InChI=1S/C10H11N3O4/c1-13-3-6(11-5-13)9-12-7(4-16-2)8(17-9)10(14)15/h3,5H,4H2,1-2H3,(H,14,15). The zero-order valence-electron chi connectivity index (χ0n) is 9.38. The Hall–Kier alpha value is -2.15. The second kappa shape index (κ2) is 4.38. The Morgan fingerprint density at radius 3 is 2.94 bits per heavy atom. The number of aryl methyl sites for hydroxylation is 1. The summed E-state index contributed by atoms with van der Waals surface area (Å²) in [6.45, 7) is 0.0813. The van der Waals surface area contributed by atoms with Crippen LogP contribution in [0.15, 0.2) is 16.9 Å². The highest BCUT2D eigenvalue weighted by molar-refractivity contribution is 5.86. The van der Waals surface area contributed by atoms with E-state index in [1.807, 2.05) is 0 Å². The Morgan fingerprint density at radius 2 is 2.41 bits per heavy atom. The van der Waals surface area contributed by atoms with E-state index in [1.165, 1.54) is 7.11 Å². The van der Waals surface area contributed by atoms with Gasteiger partial charge >= 0.3 is 5.97 Å². The minimum Gasteiger partial charge on any atom is -0.475 e. The molecule has 7 heteroatoms. The Morgan fingerprint density at radius 1 is 1.65 bits per heavy atom. The van der Waals surface area contributed by atoms with Crippen LogP contribution in [0.2, 0.25) is 0 Å². The summed E-state index contributed by atoms with van der Waals surface area (Å²) >= 11 is 0. The lowest BCUT2D eigenvalue weighted by Gasteiger charge is -1.92. The van der Waals surface area contributed by atoms with Gasteiger partial charge in [-0.05, 0) is 0 Å². The third-order valence-electron chi connectivity index (χ3n) is 2.10. The molecule has 2 rings (SSSR count). The first-order valence-corrected chi connectivity index (χ1v) is 4.82. The highest BCUT2D eigenvalue weighted by Gasteiger charge is 2.21. The van der Waals surface area contributed by atoms with Crippen LogP contribution in [0.1, 0.15) is 16.2 Å². The smallest absolute Gasteiger partial charge is 0.373 e. The number of carboxylic acid groups (broad SMARTS) is 1. The van der Waals surface area contributed by atoms with Gasteiger partial charge in [-0.2, -0.15) is 0 Å². The number of aromatic carboxylic acids is 1. The first-order valence-electron chi connectivity index (χ1n) is 4.82. The number of hydrogen-bond acceptors (Lipinski definition) is 5. The molecule has 0 bridgehead atoms. The number of imidazole rings is 1. The van der Waals surface area contributed by atoms with Crippen molar-refractivity contribution in [2.75, 3.05) is 7.11 Å². The number of methoxy groups -OCH3 is 1. The van der Waals surface area contributed by atoms with Crippen LogP contribution >= 0.6 is 0 Å². The Labute approximate surface area is 96.7 Å². The van der Waals surface area contributed by atoms with Gasteiger partial charge in [0.2, 0.25) is 11.7 Å². The monoisotopic (exact) mass is 237 g/mol. The zero-order chi connectivity index (χ0) is 12.4. The third kappa shape index (κ3) is 2.18. The second-order valence-electron chi connectivity index (χ2n) is 3.46. The summed E-state index contributed by atoms with van der Waals surface area (Å²) in [4.78, 5) is 19.0. The summed E-state index contributed by atoms with van der Waals surface area (Å²) < 4.78 is 11.7. The molecular weight excluding hydrogens is 226 g/mol. The maximum atomic E-state index is 10.9. The molecule has 0 unspecified atom stereocenters. The molecule has 90 valence electrons. The molecule has 2 aromatic heterocycles. The minimum absolute atomic E-state index is 0.0813. The van der Waals surface area contributed by atoms with Crippen molar-refractivity contribution in [3.8, 4) is 11.6 Å². The fourth-order valence-corrected chi connectivity index (χ4v) is 1.39. The maximum Gasteiger partial charge on any atom is 0.373 e. The minimum atomic E-state index is -1.17. The predicted octanol–water partition coefficient (Wildman–Crippen LogP) is 0.920. The van der Waals surface area contributed by atoms with Gasteiger partial charge in [-0.25, -0.2) is 14.8 Å². The van der Waals surface area contributed by atoms with Crippen molar-refractivity contribution in [3.05, 3.63) is 24.0 Å². The fraction of sp³-hybridized carbons (Fsp3) is 0.300. The lowest BCUT2D eigenvalue weighted by molar-refractivity contribution is 0.0656. The molecule has 0 amide bonds. The molecule has 2 heterocycles. The first kappa shape index (κ1) is 11.3. The van der Waals surface area contributed by atoms with E-state index in [2.05, 4.69) is 9.97 Å². The molecule has 0 fully saturated rings. The van der Waals surface area contributed by atoms with Crippen LogP contribution in [0, 0.1) is 0 Å². The van der Waals surface area contributed by atoms with Crippen molar-refractivity contribution in [3.63, 3.8) is 0 Å². The van der Waals surface area contributed by atoms with E-state index in [-0.39, 0.29) is 24.0 Å². The van der Waals surface area contributed by atoms with E-state index >= 15 is 0 Å². The van der Waals surface area contributed by atoms with Crippen molar-refractivity contribution in [2.24, 2.45) is 7.05 Å². The average molecular weight is 237 g/mol. The van der Waals surface area contributed by atoms with E-state index in [1.54, 1.807) is 24.1 Å². The molecule has 0 radical (unpaired) electrons. The van der Waals surface area contributed by atoms with E-state index in [0.717, 1.165) is 0 Å². The Bertz CT molecular complexity index is 543. The maximum absolute atomic E-state index is 10.9. The van der Waals surface area contributed by atoms with Crippen molar-refractivity contribution in [2.45, 2.75) is 6.61 Å². The molecular formula is C10H11N3O4. The number of aromatic nitrogens is 3. The van der Waals surface area contributed by atoms with Gasteiger partial charge in [-0.3, -0.25) is 0 Å². The number of rotatable bonds is 4. The van der Waals surface area contributed by atoms with Gasteiger partial charge < -0.3 is 18.8 Å². The fourth-order valence-electron chi connectivity index (χ4n) is 1.39. The molecule has 17 heavy (non-hydrogen) atoms. The summed E-state index contributed by atoms with van der Waals surface area (Å²) in [5, 5.41) is 8.94. The average Bonchev–Trinajstić information content (AvgIpc) is 2.85. The van der Waals surface area contributed by atoms with Crippen molar-refractivity contribution >= 4 is 5.97 Å². The molecule has 1 N–H and O–H groups in total. The number of carboxylic acids is 1. The highest BCUT2D eigenvalue weighted by Crippen LogP contribution is 2.20. The third-order valence-corrected chi connectivity index (χ3v) is 2.10. The van der Waals surface area contributed by atoms with E-state index in [0.29, 0.717) is 5.69 Å². The quantitative estimate of drug-likeness (QED) is 0.850. The van der Waals surface area contributed by atoms with Gasteiger partial charge in [-0.1, -0.05) is 0 Å². The Kier molecular flexibility index (Phi) is 2.92. The van der Waals surface area contributed by atoms with Crippen LogP contribution in [0.5, 0.6) is 0 Å². The van der Waals surface area contributed by atoms with Crippen LogP contribution < -0.4 is 0 Å². The van der Waals surface area contributed by atoms with Gasteiger partial charge in [0, 0.05) is 20.4 Å². The molecule has 7 nitrogen and oxygen atoms in total. The van der Waals surface area contributed by atoms with Crippen LogP contribution in [0.25, 0.3) is 11.6 Å². The predicted molar refractivity (Wildman–Crippen MR) is 56.4 cm³/mol. The molecule has 0 aliphatic rings. The summed E-state index contributed by atoms with van der Waals surface area (Å²) in [6.07, 6.45) is 3.27. The molecule has 0 aliphatic heterocycles. The SMILES string of the molecule is COCc1nc(-c2cn(C)cn2)oc1C(=O)O. The van der Waals surface area contributed by atoms with Crippen LogP contribution in [-0.4, -0.2) is 32.7 Å². The molecule has 0 atom stereocenters. The summed E-state index contributed by atoms with van der Waals surface area (Å²) in [7, 11) is 3.26. The van der Waals surface area contributed by atoms with Crippen LogP contribution in [-0.2, 0) is 18.4 Å². The number of nitrogens with zero attached hydrogens (tertiary/aromatic N) is 3. The largest absolute Gasteiger partial charge is 0.475 e. The summed E-state index contributed by atoms with van der Waals surface area (Å²) in [5.74, 6) is -1.21. The van der Waals surface area contributed by atoms with Gasteiger partial charge in [0.25, 0.3) is 0 Å². The number of hydrogen-bond donors (Lipinski definition) is 1. The van der Waals surface area contributed by atoms with Crippen LogP contribution in [0.4, 0.5) is 0 Å². The van der Waals surface area contributed by atoms with Crippen molar-refractivity contribution in [1.29, 1.82) is 0 Å². The molecule has 0 aliphatic carbocycles. The molecule has 0 saturated carbocycles. The van der Waals surface area contributed by atoms with Gasteiger partial charge in [0.05, 0.1) is 12.9 Å². The summed E-state index contributed by atoms with van der Waals surface area (Å²) in [6, 6.07) is 0.